The van der Waals surface area contributed by atoms with E-state index in [0.29, 0.717) is 48.8 Å². The highest BCUT2D eigenvalue weighted by atomic mass is 16.2. The van der Waals surface area contributed by atoms with Gasteiger partial charge in [-0.05, 0) is 62.1 Å². The summed E-state index contributed by atoms with van der Waals surface area (Å²) < 4.78 is 0. The van der Waals surface area contributed by atoms with E-state index in [4.69, 9.17) is 0 Å². The Morgan fingerprint density at radius 2 is 1.41 bits per heavy atom. The summed E-state index contributed by atoms with van der Waals surface area (Å²) in [5.41, 5.74) is 1.82. The quantitative estimate of drug-likeness (QED) is 0.740. The highest BCUT2D eigenvalue weighted by Crippen LogP contribution is 2.22. The first-order valence-corrected chi connectivity index (χ1v) is 11.7. The van der Waals surface area contributed by atoms with Gasteiger partial charge in [-0.1, -0.05) is 37.5 Å². The van der Waals surface area contributed by atoms with Crippen LogP contribution in [0.1, 0.15) is 65.7 Å². The normalized spacial score (nSPS) is 17.6. The van der Waals surface area contributed by atoms with Crippen molar-refractivity contribution in [1.29, 1.82) is 0 Å². The Morgan fingerprint density at radius 1 is 0.750 bits per heavy atom. The number of nitrogens with zero attached hydrogens (tertiary/aromatic N) is 1. The number of nitrogens with one attached hydrogen (secondary N) is 2. The van der Waals surface area contributed by atoms with E-state index in [1.807, 2.05) is 23.1 Å². The standard InChI is InChI=1S/C26H31N3O3/c30-24(19-7-3-1-4-8-19)28-23-13-11-21(12-14-23)26(32)29-17-15-20(16-18-29)25(31)27-22-9-5-2-6-10-22/h1,3-4,7-8,11-14,20,22H,2,5-6,9-10,15-18H2,(H,27,31)(H,28,30). The lowest BCUT2D eigenvalue weighted by Gasteiger charge is -2.33. The van der Waals surface area contributed by atoms with Crippen LogP contribution in [0.4, 0.5) is 5.69 Å². The number of carbonyl (C=O) groups is 3. The first-order valence-electron chi connectivity index (χ1n) is 11.7. The molecular formula is C26H31N3O3. The van der Waals surface area contributed by atoms with Gasteiger partial charge in [-0.2, -0.15) is 0 Å². The van der Waals surface area contributed by atoms with Gasteiger partial charge in [0.1, 0.15) is 0 Å². The summed E-state index contributed by atoms with van der Waals surface area (Å²) in [4.78, 5) is 39.6. The third-order valence-electron chi connectivity index (χ3n) is 6.53. The second-order valence-corrected chi connectivity index (χ2v) is 8.81. The lowest BCUT2D eigenvalue weighted by molar-refractivity contribution is -0.127. The minimum Gasteiger partial charge on any atom is -0.353 e. The number of hydrogen-bond donors (Lipinski definition) is 2. The molecule has 1 saturated carbocycles. The van der Waals surface area contributed by atoms with Crippen LogP contribution in [-0.4, -0.2) is 41.8 Å². The van der Waals surface area contributed by atoms with Crippen LogP contribution in [0.3, 0.4) is 0 Å². The Bertz CT molecular complexity index is 929. The highest BCUT2D eigenvalue weighted by Gasteiger charge is 2.29. The zero-order valence-corrected chi connectivity index (χ0v) is 18.4. The Kier molecular flexibility index (Phi) is 7.20. The van der Waals surface area contributed by atoms with Crippen molar-refractivity contribution in [2.75, 3.05) is 18.4 Å². The summed E-state index contributed by atoms with van der Waals surface area (Å²) in [5, 5.41) is 6.07. The van der Waals surface area contributed by atoms with E-state index in [0.717, 1.165) is 12.8 Å². The molecule has 0 bridgehead atoms. The molecule has 3 amide bonds. The van der Waals surface area contributed by atoms with Crippen LogP contribution < -0.4 is 10.6 Å². The molecule has 2 N–H and O–H groups in total. The third-order valence-corrected chi connectivity index (χ3v) is 6.53. The molecule has 6 heteroatoms. The Morgan fingerprint density at radius 3 is 2.06 bits per heavy atom. The van der Waals surface area contributed by atoms with Crippen LogP contribution >= 0.6 is 0 Å². The van der Waals surface area contributed by atoms with Crippen molar-refractivity contribution in [3.8, 4) is 0 Å². The fraction of sp³-hybridized carbons (Fsp3) is 0.423. The van der Waals surface area contributed by atoms with Crippen molar-refractivity contribution in [2.24, 2.45) is 5.92 Å². The van der Waals surface area contributed by atoms with E-state index in [1.54, 1.807) is 36.4 Å². The molecular weight excluding hydrogens is 402 g/mol. The van der Waals surface area contributed by atoms with Crippen molar-refractivity contribution in [3.05, 3.63) is 65.7 Å². The monoisotopic (exact) mass is 433 g/mol. The number of anilines is 1. The van der Waals surface area contributed by atoms with Crippen molar-refractivity contribution >= 4 is 23.4 Å². The lowest BCUT2D eigenvalue weighted by Crippen LogP contribution is -2.45. The summed E-state index contributed by atoms with van der Waals surface area (Å²) in [6, 6.07) is 16.3. The minimum absolute atomic E-state index is 0.00319. The molecule has 1 heterocycles. The maximum absolute atomic E-state index is 12.9. The first kappa shape index (κ1) is 22.1. The molecule has 0 aromatic heterocycles. The van der Waals surface area contributed by atoms with E-state index in [2.05, 4.69) is 10.6 Å². The summed E-state index contributed by atoms with van der Waals surface area (Å²) in [5.74, 6) is -0.0608. The molecule has 2 fully saturated rings. The molecule has 2 aliphatic rings. The average Bonchev–Trinajstić information content (AvgIpc) is 2.85. The molecule has 4 rings (SSSR count). The van der Waals surface area contributed by atoms with Gasteiger partial charge in [0.2, 0.25) is 5.91 Å². The van der Waals surface area contributed by atoms with E-state index in [-0.39, 0.29) is 23.6 Å². The maximum atomic E-state index is 12.9. The largest absolute Gasteiger partial charge is 0.353 e. The topological polar surface area (TPSA) is 78.5 Å². The van der Waals surface area contributed by atoms with Crippen molar-refractivity contribution in [2.45, 2.75) is 51.0 Å². The number of hydrogen-bond acceptors (Lipinski definition) is 3. The number of amides is 3. The summed E-state index contributed by atoms with van der Waals surface area (Å²) in [6.07, 6.45) is 7.26. The SMILES string of the molecule is O=C(Nc1ccc(C(=O)N2CCC(C(=O)NC3CCCCC3)CC2)cc1)c1ccccc1. The summed E-state index contributed by atoms with van der Waals surface area (Å²) in [6.45, 7) is 1.18. The van der Waals surface area contributed by atoms with Crippen molar-refractivity contribution in [3.63, 3.8) is 0 Å². The molecule has 0 radical (unpaired) electrons. The molecule has 0 unspecified atom stereocenters. The fourth-order valence-corrected chi connectivity index (χ4v) is 4.58. The highest BCUT2D eigenvalue weighted by molar-refractivity contribution is 6.04. The number of carbonyl (C=O) groups excluding carboxylic acids is 3. The van der Waals surface area contributed by atoms with Crippen LogP contribution in [-0.2, 0) is 4.79 Å². The molecule has 1 saturated heterocycles. The number of likely N-dealkylation sites (tertiary alicyclic amines) is 1. The van der Waals surface area contributed by atoms with E-state index < -0.39 is 0 Å². The van der Waals surface area contributed by atoms with Gasteiger partial charge < -0.3 is 15.5 Å². The van der Waals surface area contributed by atoms with Crippen LogP contribution in [0.25, 0.3) is 0 Å². The second-order valence-electron chi connectivity index (χ2n) is 8.81. The first-order chi connectivity index (χ1) is 15.6. The van der Waals surface area contributed by atoms with Gasteiger partial charge in [-0.25, -0.2) is 0 Å². The molecule has 168 valence electrons. The molecule has 6 nitrogen and oxygen atoms in total. The van der Waals surface area contributed by atoms with E-state index >= 15 is 0 Å². The van der Waals surface area contributed by atoms with Crippen LogP contribution in [0, 0.1) is 5.92 Å². The van der Waals surface area contributed by atoms with Gasteiger partial charge in [-0.15, -0.1) is 0 Å². The number of piperidine rings is 1. The van der Waals surface area contributed by atoms with Crippen LogP contribution in [0.2, 0.25) is 0 Å². The second kappa shape index (κ2) is 10.4. The maximum Gasteiger partial charge on any atom is 0.255 e. The zero-order chi connectivity index (χ0) is 22.3. The zero-order valence-electron chi connectivity index (χ0n) is 18.4. The van der Waals surface area contributed by atoms with Crippen LogP contribution in [0.5, 0.6) is 0 Å². The molecule has 1 aliphatic carbocycles. The Labute approximate surface area is 189 Å². The summed E-state index contributed by atoms with van der Waals surface area (Å²) >= 11 is 0. The molecule has 32 heavy (non-hydrogen) atoms. The van der Waals surface area contributed by atoms with E-state index in [1.165, 1.54) is 19.3 Å². The molecule has 0 atom stereocenters. The predicted molar refractivity (Wildman–Crippen MR) is 124 cm³/mol. The molecule has 2 aromatic rings. The third kappa shape index (κ3) is 5.55. The number of rotatable bonds is 5. The molecule has 0 spiro atoms. The van der Waals surface area contributed by atoms with Crippen molar-refractivity contribution in [1.82, 2.24) is 10.2 Å². The van der Waals surface area contributed by atoms with Gasteiger partial charge in [0.05, 0.1) is 0 Å². The van der Waals surface area contributed by atoms with Gasteiger partial charge >= 0.3 is 0 Å². The minimum atomic E-state index is -0.182. The van der Waals surface area contributed by atoms with Gasteiger partial charge in [0, 0.05) is 41.9 Å². The fourth-order valence-electron chi connectivity index (χ4n) is 4.58. The van der Waals surface area contributed by atoms with Gasteiger partial charge in [0.25, 0.3) is 11.8 Å². The molecule has 2 aromatic carbocycles. The van der Waals surface area contributed by atoms with Crippen molar-refractivity contribution < 1.29 is 14.4 Å². The van der Waals surface area contributed by atoms with Gasteiger partial charge in [-0.3, -0.25) is 14.4 Å². The summed E-state index contributed by atoms with van der Waals surface area (Å²) in [7, 11) is 0. The lowest BCUT2D eigenvalue weighted by atomic mass is 9.92. The Hall–Kier alpha value is -3.15. The van der Waals surface area contributed by atoms with Gasteiger partial charge in [0.15, 0.2) is 0 Å². The average molecular weight is 434 g/mol. The van der Waals surface area contributed by atoms with E-state index in [9.17, 15) is 14.4 Å². The molecule has 1 aliphatic heterocycles. The van der Waals surface area contributed by atoms with Crippen LogP contribution in [0.15, 0.2) is 54.6 Å². The number of benzene rings is 2. The smallest absolute Gasteiger partial charge is 0.255 e. The predicted octanol–water partition coefficient (Wildman–Crippen LogP) is 4.24. The Balaban J connectivity index is 1.26.